The third-order valence-electron chi connectivity index (χ3n) is 9.50. The minimum Gasteiger partial charge on any atom is -0.439 e. The molecule has 0 aromatic heterocycles. The lowest BCUT2D eigenvalue weighted by Gasteiger charge is -2.36. The Hall–Kier alpha value is -4.73. The van der Waals surface area contributed by atoms with E-state index in [-0.39, 0.29) is 13.0 Å². The number of amides is 3. The first-order chi connectivity index (χ1) is 23.6. The highest BCUT2D eigenvalue weighted by atomic mass is 16.6. The van der Waals surface area contributed by atoms with Crippen LogP contribution in [0, 0.1) is 5.92 Å². The molecule has 3 amide bonds. The van der Waals surface area contributed by atoms with Gasteiger partial charge in [-0.2, -0.15) is 0 Å². The first-order valence-electron chi connectivity index (χ1n) is 16.7. The highest BCUT2D eigenvalue weighted by Gasteiger charge is 2.55. The van der Waals surface area contributed by atoms with E-state index in [1.165, 1.54) is 4.90 Å². The number of ether oxygens (including phenoxy) is 3. The van der Waals surface area contributed by atoms with E-state index in [2.05, 4.69) is 0 Å². The Morgan fingerprint density at radius 2 is 1.35 bits per heavy atom. The second-order valence-electron chi connectivity index (χ2n) is 13.2. The Kier molecular flexibility index (Phi) is 10.3. The van der Waals surface area contributed by atoms with E-state index in [1.54, 1.807) is 18.7 Å². The Bertz CT molecular complexity index is 1720. The van der Waals surface area contributed by atoms with Crippen molar-refractivity contribution in [1.82, 2.24) is 9.80 Å². The largest absolute Gasteiger partial charge is 0.439 e. The number of imide groups is 1. The summed E-state index contributed by atoms with van der Waals surface area (Å²) in [6, 6.07) is 37.3. The van der Waals surface area contributed by atoms with Crippen LogP contribution in [0.2, 0.25) is 0 Å². The van der Waals surface area contributed by atoms with Gasteiger partial charge in [-0.25, -0.2) is 9.69 Å². The van der Waals surface area contributed by atoms with Gasteiger partial charge < -0.3 is 19.1 Å². The minimum atomic E-state index is -1.11. The van der Waals surface area contributed by atoms with Crippen LogP contribution in [0.1, 0.15) is 49.1 Å². The molecule has 2 aliphatic rings. The van der Waals surface area contributed by atoms with Crippen molar-refractivity contribution in [2.24, 2.45) is 5.92 Å². The van der Waals surface area contributed by atoms with Crippen LogP contribution >= 0.6 is 0 Å². The molecular weight excluding hydrogens is 615 g/mol. The van der Waals surface area contributed by atoms with Crippen molar-refractivity contribution < 1.29 is 28.6 Å². The van der Waals surface area contributed by atoms with E-state index in [0.29, 0.717) is 6.42 Å². The molecule has 0 N–H and O–H groups in total. The molecule has 0 spiro atoms. The molecule has 6 unspecified atom stereocenters. The van der Waals surface area contributed by atoms with Crippen molar-refractivity contribution in [3.05, 3.63) is 144 Å². The van der Waals surface area contributed by atoms with E-state index in [0.717, 1.165) is 22.3 Å². The summed E-state index contributed by atoms with van der Waals surface area (Å²) in [6.45, 7) is 5.58. The normalized spacial score (nSPS) is 22.8. The molecule has 6 rings (SSSR count). The molecule has 0 bridgehead atoms. The zero-order valence-corrected chi connectivity index (χ0v) is 28.1. The lowest BCUT2D eigenvalue weighted by atomic mass is 9.84. The maximum atomic E-state index is 15.0. The number of nitrogens with zero attached hydrogens (tertiary/aromatic N) is 2. The van der Waals surface area contributed by atoms with E-state index in [4.69, 9.17) is 22.1 Å². The molecule has 0 aliphatic carbocycles. The lowest BCUT2D eigenvalue weighted by Crippen LogP contribution is -2.54. The molecule has 8 nitrogen and oxygen atoms in total. The van der Waals surface area contributed by atoms with E-state index < -0.39 is 59.8 Å². The molecule has 2 heterocycles. The van der Waals surface area contributed by atoms with Crippen molar-refractivity contribution >= 4 is 25.7 Å². The summed E-state index contributed by atoms with van der Waals surface area (Å²) in [7, 11) is 6.04. The second kappa shape index (κ2) is 14.8. The average molecular weight is 657 g/mol. The van der Waals surface area contributed by atoms with Crippen molar-refractivity contribution in [3.63, 3.8) is 0 Å². The Labute approximate surface area is 289 Å². The van der Waals surface area contributed by atoms with Crippen LogP contribution in [0.25, 0.3) is 0 Å². The second-order valence-corrected chi connectivity index (χ2v) is 13.2. The monoisotopic (exact) mass is 656 g/mol. The molecule has 6 atom stereocenters. The predicted molar refractivity (Wildman–Crippen MR) is 187 cm³/mol. The number of rotatable bonds is 11. The quantitative estimate of drug-likeness (QED) is 0.164. The van der Waals surface area contributed by atoms with Gasteiger partial charge in [0.25, 0.3) is 0 Å². The van der Waals surface area contributed by atoms with Gasteiger partial charge in [0.2, 0.25) is 13.8 Å². The van der Waals surface area contributed by atoms with Gasteiger partial charge in [0, 0.05) is 0 Å². The van der Waals surface area contributed by atoms with Gasteiger partial charge in [0.15, 0.2) is 5.81 Å². The summed E-state index contributed by atoms with van der Waals surface area (Å²) in [5.74, 6) is -1.97. The van der Waals surface area contributed by atoms with Crippen molar-refractivity contribution in [3.8, 4) is 0 Å². The first kappa shape index (κ1) is 34.1. The Morgan fingerprint density at radius 1 is 0.816 bits per heavy atom. The maximum Gasteiger partial charge on any atom is 0.417 e. The molecule has 4 aromatic rings. The van der Waals surface area contributed by atoms with Crippen molar-refractivity contribution in [1.29, 1.82) is 0 Å². The van der Waals surface area contributed by atoms with Gasteiger partial charge in [-0.1, -0.05) is 121 Å². The van der Waals surface area contributed by atoms with Gasteiger partial charge in [-0.05, 0) is 55.9 Å². The highest BCUT2D eigenvalue weighted by molar-refractivity contribution is 6.57. The number of benzene rings is 4. The van der Waals surface area contributed by atoms with Crippen LogP contribution in [0.4, 0.5) is 9.59 Å². The summed E-state index contributed by atoms with van der Waals surface area (Å²) < 4.78 is 19.4. The van der Waals surface area contributed by atoms with Crippen LogP contribution < -0.4 is 0 Å². The molecule has 9 heteroatoms. The van der Waals surface area contributed by atoms with Crippen molar-refractivity contribution in [2.75, 3.05) is 0 Å². The zero-order valence-electron chi connectivity index (χ0n) is 28.1. The average Bonchev–Trinajstić information content (AvgIpc) is 3.55. The molecule has 2 radical (unpaired) electrons. The first-order valence-corrected chi connectivity index (χ1v) is 16.7. The standard InChI is InChI=1S/C40H41BN2O6/c1-27-34(31-22-14-7-15-23-31)48-39(46)42(27)37(44)32(24-28-16-8-4-9-17-28)35(47-26-30-20-12-6-13-21-30)36-33(25-29-18-10-5-11-19-29)43(38(41)45)40(2,3)49-36/h4-23,27,32-36H,24-26H2,1-3H3. The van der Waals surface area contributed by atoms with Gasteiger partial charge in [0.05, 0.1) is 30.7 Å². The fourth-order valence-corrected chi connectivity index (χ4v) is 7.24. The van der Waals surface area contributed by atoms with Gasteiger partial charge in [-0.15, -0.1) is 0 Å². The smallest absolute Gasteiger partial charge is 0.417 e. The van der Waals surface area contributed by atoms with E-state index in [1.807, 2.05) is 128 Å². The molecule has 2 fully saturated rings. The lowest BCUT2D eigenvalue weighted by molar-refractivity contribution is -0.155. The number of hydrogen-bond acceptors (Lipinski definition) is 6. The SMILES string of the molecule is [B]C(=O)N1C(Cc2ccccc2)C(C(OCc2ccccc2)C(Cc2ccccc2)C(=O)N2C(=O)OC(c3ccccc3)C2C)OC1(C)C. The van der Waals surface area contributed by atoms with E-state index in [9.17, 15) is 14.4 Å². The molecule has 4 aromatic carbocycles. The molecule has 0 saturated carbocycles. The predicted octanol–water partition coefficient (Wildman–Crippen LogP) is 6.88. The number of hydrogen-bond donors (Lipinski definition) is 0. The maximum absolute atomic E-state index is 15.0. The van der Waals surface area contributed by atoms with Crippen LogP contribution in [0.15, 0.2) is 121 Å². The fraction of sp³-hybridized carbons (Fsp3) is 0.325. The molecule has 2 saturated heterocycles. The molecule has 49 heavy (non-hydrogen) atoms. The third-order valence-corrected chi connectivity index (χ3v) is 9.50. The van der Waals surface area contributed by atoms with Gasteiger partial charge in [0.1, 0.15) is 17.9 Å². The summed E-state index contributed by atoms with van der Waals surface area (Å²) in [5.41, 5.74) is 2.46. The number of carbonyl (C=O) groups is 3. The molecular formula is C40H41BN2O6. The summed E-state index contributed by atoms with van der Waals surface area (Å²) in [5, 5.41) is 0. The Balaban J connectivity index is 1.44. The summed E-state index contributed by atoms with van der Waals surface area (Å²) in [6.07, 6.45) is -2.37. The fourth-order valence-electron chi connectivity index (χ4n) is 7.24. The number of cyclic esters (lactones) is 1. The number of carbonyl (C=O) groups excluding carboxylic acids is 3. The zero-order chi connectivity index (χ0) is 34.5. The van der Waals surface area contributed by atoms with Crippen LogP contribution in [0.5, 0.6) is 0 Å². The van der Waals surface area contributed by atoms with Crippen LogP contribution in [-0.2, 0) is 38.5 Å². The highest BCUT2D eigenvalue weighted by Crippen LogP contribution is 2.41. The molecule has 250 valence electrons. The summed E-state index contributed by atoms with van der Waals surface area (Å²) >= 11 is 0. The van der Waals surface area contributed by atoms with Crippen molar-refractivity contribution in [2.45, 2.75) is 76.3 Å². The topological polar surface area (TPSA) is 85.4 Å². The van der Waals surface area contributed by atoms with Gasteiger partial charge in [-0.3, -0.25) is 9.59 Å². The molecule has 2 aliphatic heterocycles. The minimum absolute atomic E-state index is 0.172. The van der Waals surface area contributed by atoms with Gasteiger partial charge >= 0.3 is 6.09 Å². The third kappa shape index (κ3) is 7.48. The van der Waals surface area contributed by atoms with Crippen LogP contribution in [-0.4, -0.2) is 65.5 Å². The van der Waals surface area contributed by atoms with E-state index >= 15 is 0 Å². The van der Waals surface area contributed by atoms with Crippen LogP contribution in [0.3, 0.4) is 0 Å². The Morgan fingerprint density at radius 3 is 1.92 bits per heavy atom. The summed E-state index contributed by atoms with van der Waals surface area (Å²) in [4.78, 5) is 44.5.